The van der Waals surface area contributed by atoms with Crippen molar-refractivity contribution < 1.29 is 13.2 Å². The second kappa shape index (κ2) is 5.82. The van der Waals surface area contributed by atoms with Crippen LogP contribution in [0.25, 0.3) is 0 Å². The van der Waals surface area contributed by atoms with Crippen LogP contribution in [0.5, 0.6) is 0 Å². The van der Waals surface area contributed by atoms with E-state index in [0.29, 0.717) is 30.5 Å². The summed E-state index contributed by atoms with van der Waals surface area (Å²) in [4.78, 5) is 16.8. The standard InChI is InChI=1S/C18H18F3N5/c19-13-2-1-5-22-18(13)26-9-11-6-12(26)8-25(11)15-7-14(16(20)21)23-17(24-15)10-3-4-10/h1-2,5,7,10-12,16H,3-4,6,8-9H2. The summed E-state index contributed by atoms with van der Waals surface area (Å²) in [7, 11) is 0. The Morgan fingerprint density at radius 2 is 1.85 bits per heavy atom. The summed E-state index contributed by atoms with van der Waals surface area (Å²) in [6.45, 7) is 1.25. The van der Waals surface area contributed by atoms with Crippen molar-refractivity contribution in [3.05, 3.63) is 41.7 Å². The van der Waals surface area contributed by atoms with Gasteiger partial charge in [0.25, 0.3) is 6.43 Å². The fourth-order valence-corrected chi connectivity index (χ4v) is 4.05. The Kier molecular flexibility index (Phi) is 3.55. The SMILES string of the molecule is Fc1cccnc1N1CC2CC1CN2c1cc(C(F)F)nc(C2CC2)n1. The first kappa shape index (κ1) is 15.8. The molecule has 0 spiro atoms. The van der Waals surface area contributed by atoms with Crippen molar-refractivity contribution in [2.24, 2.45) is 0 Å². The molecular weight excluding hydrogens is 343 g/mol. The van der Waals surface area contributed by atoms with Crippen LogP contribution in [0, 0.1) is 5.82 Å². The van der Waals surface area contributed by atoms with Crippen molar-refractivity contribution in [1.82, 2.24) is 15.0 Å². The maximum absolute atomic E-state index is 14.1. The van der Waals surface area contributed by atoms with E-state index < -0.39 is 6.43 Å². The van der Waals surface area contributed by atoms with Gasteiger partial charge in [0, 0.05) is 31.3 Å². The molecule has 26 heavy (non-hydrogen) atoms. The molecule has 5 rings (SSSR count). The maximum atomic E-state index is 14.1. The molecule has 2 bridgehead atoms. The van der Waals surface area contributed by atoms with Gasteiger partial charge in [0.1, 0.15) is 17.3 Å². The molecule has 2 atom stereocenters. The lowest BCUT2D eigenvalue weighted by molar-refractivity contribution is 0.145. The highest BCUT2D eigenvalue weighted by Gasteiger charge is 2.45. The first-order valence-corrected chi connectivity index (χ1v) is 8.91. The number of hydrogen-bond acceptors (Lipinski definition) is 5. The number of nitrogens with zero attached hydrogens (tertiary/aromatic N) is 5. The second-order valence-corrected chi connectivity index (χ2v) is 7.24. The maximum Gasteiger partial charge on any atom is 0.280 e. The van der Waals surface area contributed by atoms with Crippen molar-refractivity contribution in [3.63, 3.8) is 0 Å². The van der Waals surface area contributed by atoms with E-state index in [1.165, 1.54) is 12.1 Å². The molecule has 4 heterocycles. The second-order valence-electron chi connectivity index (χ2n) is 7.24. The van der Waals surface area contributed by atoms with E-state index in [0.717, 1.165) is 19.3 Å². The van der Waals surface area contributed by atoms with Crippen LogP contribution in [0.15, 0.2) is 24.4 Å². The van der Waals surface area contributed by atoms with Crippen LogP contribution in [0.3, 0.4) is 0 Å². The van der Waals surface area contributed by atoms with Crippen LogP contribution in [0.2, 0.25) is 0 Å². The lowest BCUT2D eigenvalue weighted by Crippen LogP contribution is -2.47. The Morgan fingerprint density at radius 1 is 1.08 bits per heavy atom. The van der Waals surface area contributed by atoms with E-state index >= 15 is 0 Å². The molecule has 1 saturated carbocycles. The van der Waals surface area contributed by atoms with Crippen LogP contribution in [0.4, 0.5) is 24.8 Å². The van der Waals surface area contributed by atoms with E-state index in [1.807, 2.05) is 4.90 Å². The fourth-order valence-electron chi connectivity index (χ4n) is 4.05. The van der Waals surface area contributed by atoms with Crippen molar-refractivity contribution in [1.29, 1.82) is 0 Å². The number of anilines is 2. The number of hydrogen-bond donors (Lipinski definition) is 0. The van der Waals surface area contributed by atoms with Gasteiger partial charge < -0.3 is 9.80 Å². The molecule has 5 nitrogen and oxygen atoms in total. The van der Waals surface area contributed by atoms with E-state index in [9.17, 15) is 13.2 Å². The summed E-state index contributed by atoms with van der Waals surface area (Å²) >= 11 is 0. The first-order chi connectivity index (χ1) is 12.6. The molecule has 2 saturated heterocycles. The molecule has 2 aromatic heterocycles. The largest absolute Gasteiger partial charge is 0.350 e. The predicted octanol–water partition coefficient (Wildman–Crippen LogP) is 3.29. The van der Waals surface area contributed by atoms with Crippen molar-refractivity contribution in [2.75, 3.05) is 22.9 Å². The van der Waals surface area contributed by atoms with Gasteiger partial charge in [-0.15, -0.1) is 0 Å². The molecule has 2 aliphatic heterocycles. The third-order valence-corrected chi connectivity index (χ3v) is 5.46. The number of halogens is 3. The Labute approximate surface area is 148 Å². The molecule has 8 heteroatoms. The third-order valence-electron chi connectivity index (χ3n) is 5.46. The van der Waals surface area contributed by atoms with Crippen molar-refractivity contribution in [2.45, 2.75) is 43.7 Å². The number of pyridine rings is 1. The van der Waals surface area contributed by atoms with Gasteiger partial charge in [-0.1, -0.05) is 0 Å². The van der Waals surface area contributed by atoms with Gasteiger partial charge in [-0.05, 0) is 31.4 Å². The average molecular weight is 361 g/mol. The monoisotopic (exact) mass is 361 g/mol. The van der Waals surface area contributed by atoms with Crippen LogP contribution in [-0.2, 0) is 0 Å². The number of piperazine rings is 1. The molecule has 1 aliphatic carbocycles. The van der Waals surface area contributed by atoms with Gasteiger partial charge in [0.2, 0.25) is 0 Å². The van der Waals surface area contributed by atoms with Gasteiger partial charge in [0.15, 0.2) is 11.6 Å². The smallest absolute Gasteiger partial charge is 0.280 e. The van der Waals surface area contributed by atoms with Gasteiger partial charge in [-0.2, -0.15) is 0 Å². The van der Waals surface area contributed by atoms with Gasteiger partial charge >= 0.3 is 0 Å². The van der Waals surface area contributed by atoms with Crippen LogP contribution < -0.4 is 9.80 Å². The zero-order valence-corrected chi connectivity index (χ0v) is 14.0. The molecule has 3 fully saturated rings. The lowest BCUT2D eigenvalue weighted by Gasteiger charge is -2.35. The number of aromatic nitrogens is 3. The summed E-state index contributed by atoms with van der Waals surface area (Å²) in [5.74, 6) is 1.37. The summed E-state index contributed by atoms with van der Waals surface area (Å²) in [6.07, 6.45) is 1.76. The molecule has 2 aromatic rings. The van der Waals surface area contributed by atoms with E-state index in [-0.39, 0.29) is 29.5 Å². The molecule has 0 amide bonds. The van der Waals surface area contributed by atoms with Crippen LogP contribution >= 0.6 is 0 Å². The Morgan fingerprint density at radius 3 is 2.50 bits per heavy atom. The summed E-state index contributed by atoms with van der Waals surface area (Å²) in [5, 5.41) is 0. The molecular formula is C18H18F3N5. The summed E-state index contributed by atoms with van der Waals surface area (Å²) in [6, 6.07) is 4.62. The van der Waals surface area contributed by atoms with Crippen molar-refractivity contribution in [3.8, 4) is 0 Å². The quantitative estimate of drug-likeness (QED) is 0.836. The highest BCUT2D eigenvalue weighted by molar-refractivity contribution is 5.52. The Balaban J connectivity index is 1.42. The molecule has 136 valence electrons. The normalized spacial score (nSPS) is 24.8. The third kappa shape index (κ3) is 2.59. The molecule has 0 radical (unpaired) electrons. The highest BCUT2D eigenvalue weighted by atomic mass is 19.3. The number of alkyl halides is 2. The van der Waals surface area contributed by atoms with Crippen LogP contribution in [-0.4, -0.2) is 40.1 Å². The average Bonchev–Trinajstić information content (AvgIpc) is 3.31. The number of rotatable bonds is 4. The first-order valence-electron chi connectivity index (χ1n) is 8.91. The minimum absolute atomic E-state index is 0.110. The minimum Gasteiger partial charge on any atom is -0.350 e. The van der Waals surface area contributed by atoms with E-state index in [1.54, 1.807) is 12.3 Å². The molecule has 3 aliphatic rings. The fraction of sp³-hybridized carbons (Fsp3) is 0.500. The topological polar surface area (TPSA) is 45.2 Å². The Bertz CT molecular complexity index is 821. The van der Waals surface area contributed by atoms with Crippen LogP contribution in [0.1, 0.15) is 43.1 Å². The Hall–Kier alpha value is -2.38. The van der Waals surface area contributed by atoms with Gasteiger partial charge in [-0.25, -0.2) is 28.1 Å². The molecule has 0 aromatic carbocycles. The predicted molar refractivity (Wildman–Crippen MR) is 90.0 cm³/mol. The zero-order chi connectivity index (χ0) is 17.8. The summed E-state index contributed by atoms with van der Waals surface area (Å²) in [5.41, 5.74) is -0.202. The van der Waals surface area contributed by atoms with E-state index in [4.69, 9.17) is 0 Å². The zero-order valence-electron chi connectivity index (χ0n) is 14.0. The molecule has 2 unspecified atom stereocenters. The van der Waals surface area contributed by atoms with E-state index in [2.05, 4.69) is 19.9 Å². The summed E-state index contributed by atoms with van der Waals surface area (Å²) < 4.78 is 40.5. The minimum atomic E-state index is -2.60. The van der Waals surface area contributed by atoms with Gasteiger partial charge in [-0.3, -0.25) is 0 Å². The lowest BCUT2D eigenvalue weighted by atomic mass is 10.2. The highest BCUT2D eigenvalue weighted by Crippen LogP contribution is 2.41. The van der Waals surface area contributed by atoms with Gasteiger partial charge in [0.05, 0.1) is 12.1 Å². The number of fused-ring (bicyclic) bond motifs is 2. The molecule has 0 N–H and O–H groups in total. The van der Waals surface area contributed by atoms with Crippen molar-refractivity contribution >= 4 is 11.6 Å².